The Labute approximate surface area is 117 Å². The number of fused-ring (bicyclic) bond motifs is 1. The molecule has 1 N–H and O–H groups in total. The van der Waals surface area contributed by atoms with E-state index < -0.39 is 0 Å². The van der Waals surface area contributed by atoms with E-state index in [4.69, 9.17) is 4.74 Å². The predicted octanol–water partition coefficient (Wildman–Crippen LogP) is 4.05. The Bertz CT molecular complexity index is 550. The van der Waals surface area contributed by atoms with Crippen molar-refractivity contribution in [3.63, 3.8) is 0 Å². The van der Waals surface area contributed by atoms with Crippen molar-refractivity contribution in [2.45, 2.75) is 32.7 Å². The standard InChI is InChI=1S/C15H19NO2S/c1-3-5-13(15(17)18-4-2)16-12-6-7-14-11(10-12)8-9-19-14/h6-10,13,16H,3-5H2,1-2H3. The van der Waals surface area contributed by atoms with Crippen molar-refractivity contribution in [3.8, 4) is 0 Å². The zero-order chi connectivity index (χ0) is 13.7. The first-order chi connectivity index (χ1) is 9.24. The van der Waals surface area contributed by atoms with Gasteiger partial charge in [-0.25, -0.2) is 4.79 Å². The molecule has 1 atom stereocenters. The minimum Gasteiger partial charge on any atom is -0.464 e. The Morgan fingerprint density at radius 3 is 2.95 bits per heavy atom. The number of carbonyl (C=O) groups excluding carboxylic acids is 1. The molecule has 1 aromatic carbocycles. The van der Waals surface area contributed by atoms with Crippen molar-refractivity contribution in [2.24, 2.45) is 0 Å². The first-order valence-electron chi connectivity index (χ1n) is 6.65. The Morgan fingerprint density at radius 2 is 2.21 bits per heavy atom. The van der Waals surface area contributed by atoms with Gasteiger partial charge in [-0.05, 0) is 48.4 Å². The van der Waals surface area contributed by atoms with E-state index in [2.05, 4.69) is 35.8 Å². The lowest BCUT2D eigenvalue weighted by molar-refractivity contribution is -0.144. The van der Waals surface area contributed by atoms with Gasteiger partial charge in [0.15, 0.2) is 0 Å². The van der Waals surface area contributed by atoms with Crippen molar-refractivity contribution in [3.05, 3.63) is 29.6 Å². The maximum atomic E-state index is 11.9. The highest BCUT2D eigenvalue weighted by atomic mass is 32.1. The summed E-state index contributed by atoms with van der Waals surface area (Å²) in [5.74, 6) is -0.172. The Kier molecular flexibility index (Phi) is 4.80. The highest BCUT2D eigenvalue weighted by Gasteiger charge is 2.18. The molecule has 0 fully saturated rings. The third-order valence-corrected chi connectivity index (χ3v) is 3.84. The summed E-state index contributed by atoms with van der Waals surface area (Å²) < 4.78 is 6.36. The largest absolute Gasteiger partial charge is 0.464 e. The van der Waals surface area contributed by atoms with E-state index in [0.29, 0.717) is 6.61 Å². The van der Waals surface area contributed by atoms with Gasteiger partial charge in [-0.2, -0.15) is 0 Å². The molecule has 4 heteroatoms. The van der Waals surface area contributed by atoms with Crippen LogP contribution in [0.1, 0.15) is 26.7 Å². The second-order valence-corrected chi connectivity index (χ2v) is 5.36. The summed E-state index contributed by atoms with van der Waals surface area (Å²) in [7, 11) is 0. The smallest absolute Gasteiger partial charge is 0.328 e. The third-order valence-electron chi connectivity index (χ3n) is 2.94. The summed E-state index contributed by atoms with van der Waals surface area (Å²) in [4.78, 5) is 11.9. The van der Waals surface area contributed by atoms with Gasteiger partial charge in [0, 0.05) is 10.4 Å². The number of thiophene rings is 1. The van der Waals surface area contributed by atoms with Crippen LogP contribution in [0.3, 0.4) is 0 Å². The summed E-state index contributed by atoms with van der Waals surface area (Å²) in [5.41, 5.74) is 0.970. The van der Waals surface area contributed by atoms with Crippen molar-refractivity contribution in [1.82, 2.24) is 0 Å². The van der Waals surface area contributed by atoms with E-state index in [9.17, 15) is 4.79 Å². The summed E-state index contributed by atoms with van der Waals surface area (Å²) >= 11 is 1.72. The van der Waals surface area contributed by atoms with Gasteiger partial charge >= 0.3 is 5.97 Å². The molecule has 3 nitrogen and oxygen atoms in total. The molecule has 0 aliphatic carbocycles. The van der Waals surface area contributed by atoms with Crippen LogP contribution >= 0.6 is 11.3 Å². The zero-order valence-electron chi connectivity index (χ0n) is 11.3. The average molecular weight is 277 g/mol. The fourth-order valence-corrected chi connectivity index (χ4v) is 2.81. The third kappa shape index (κ3) is 3.47. The molecule has 1 heterocycles. The quantitative estimate of drug-likeness (QED) is 0.810. The number of hydrogen-bond acceptors (Lipinski definition) is 4. The average Bonchev–Trinajstić information content (AvgIpc) is 2.86. The molecule has 0 aliphatic heterocycles. The van der Waals surface area contributed by atoms with E-state index >= 15 is 0 Å². The van der Waals surface area contributed by atoms with Crippen LogP contribution in [-0.4, -0.2) is 18.6 Å². The Hall–Kier alpha value is -1.55. The molecular weight excluding hydrogens is 258 g/mol. The van der Waals surface area contributed by atoms with Crippen LogP contribution in [0.15, 0.2) is 29.6 Å². The van der Waals surface area contributed by atoms with E-state index in [-0.39, 0.29) is 12.0 Å². The van der Waals surface area contributed by atoms with Crippen LogP contribution in [0.2, 0.25) is 0 Å². The summed E-state index contributed by atoms with van der Waals surface area (Å²) in [5, 5.41) is 6.55. The summed E-state index contributed by atoms with van der Waals surface area (Å²) in [6.07, 6.45) is 1.72. The molecule has 19 heavy (non-hydrogen) atoms. The molecule has 2 aromatic rings. The number of ether oxygens (including phenoxy) is 1. The van der Waals surface area contributed by atoms with Crippen LogP contribution < -0.4 is 5.32 Å². The maximum Gasteiger partial charge on any atom is 0.328 e. The van der Waals surface area contributed by atoms with E-state index in [1.54, 1.807) is 11.3 Å². The van der Waals surface area contributed by atoms with E-state index in [1.165, 1.54) is 10.1 Å². The molecule has 0 aliphatic rings. The minimum atomic E-state index is -0.263. The van der Waals surface area contributed by atoms with Crippen LogP contribution in [0.5, 0.6) is 0 Å². The number of nitrogens with one attached hydrogen (secondary N) is 1. The van der Waals surface area contributed by atoms with Crippen LogP contribution in [-0.2, 0) is 9.53 Å². The van der Waals surface area contributed by atoms with Crippen molar-refractivity contribution in [1.29, 1.82) is 0 Å². The van der Waals surface area contributed by atoms with Crippen molar-refractivity contribution < 1.29 is 9.53 Å². The lowest BCUT2D eigenvalue weighted by Gasteiger charge is -2.17. The normalized spacial score (nSPS) is 12.3. The van der Waals surface area contributed by atoms with Crippen LogP contribution in [0, 0.1) is 0 Å². The van der Waals surface area contributed by atoms with Gasteiger partial charge < -0.3 is 10.1 Å². The second kappa shape index (κ2) is 6.57. The van der Waals surface area contributed by atoms with Gasteiger partial charge in [0.2, 0.25) is 0 Å². The molecule has 2 rings (SSSR count). The number of hydrogen-bond donors (Lipinski definition) is 1. The van der Waals surface area contributed by atoms with Gasteiger partial charge in [0.1, 0.15) is 6.04 Å². The second-order valence-electron chi connectivity index (χ2n) is 4.41. The first-order valence-corrected chi connectivity index (χ1v) is 7.53. The van der Waals surface area contributed by atoms with Gasteiger partial charge in [0.25, 0.3) is 0 Å². The van der Waals surface area contributed by atoms with Crippen LogP contribution in [0.25, 0.3) is 10.1 Å². The molecular formula is C15H19NO2S. The first kappa shape index (κ1) is 13.9. The number of rotatable bonds is 6. The monoisotopic (exact) mass is 277 g/mol. The topological polar surface area (TPSA) is 38.3 Å². The Morgan fingerprint density at radius 1 is 1.37 bits per heavy atom. The highest BCUT2D eigenvalue weighted by Crippen LogP contribution is 2.24. The lowest BCUT2D eigenvalue weighted by atomic mass is 10.1. The highest BCUT2D eigenvalue weighted by molar-refractivity contribution is 7.17. The molecule has 0 amide bonds. The zero-order valence-corrected chi connectivity index (χ0v) is 12.1. The minimum absolute atomic E-state index is 0.172. The van der Waals surface area contributed by atoms with Gasteiger partial charge in [-0.3, -0.25) is 0 Å². The molecule has 0 radical (unpaired) electrons. The molecule has 0 spiro atoms. The summed E-state index contributed by atoms with van der Waals surface area (Å²) in [6, 6.07) is 8.00. The predicted molar refractivity (Wildman–Crippen MR) is 80.8 cm³/mol. The molecule has 0 saturated heterocycles. The fourth-order valence-electron chi connectivity index (χ4n) is 2.04. The van der Waals surface area contributed by atoms with Gasteiger partial charge in [0.05, 0.1) is 6.61 Å². The molecule has 102 valence electrons. The number of benzene rings is 1. The lowest BCUT2D eigenvalue weighted by Crippen LogP contribution is -2.31. The SMILES string of the molecule is CCCC(Nc1ccc2sccc2c1)C(=O)OCC. The maximum absolute atomic E-state index is 11.9. The molecule has 0 bridgehead atoms. The van der Waals surface area contributed by atoms with Crippen molar-refractivity contribution in [2.75, 3.05) is 11.9 Å². The number of anilines is 1. The van der Waals surface area contributed by atoms with Crippen LogP contribution in [0.4, 0.5) is 5.69 Å². The van der Waals surface area contributed by atoms with E-state index in [1.807, 2.05) is 13.0 Å². The van der Waals surface area contributed by atoms with Gasteiger partial charge in [-0.15, -0.1) is 11.3 Å². The van der Waals surface area contributed by atoms with E-state index in [0.717, 1.165) is 18.5 Å². The molecule has 1 aromatic heterocycles. The Balaban J connectivity index is 2.12. The van der Waals surface area contributed by atoms with Gasteiger partial charge in [-0.1, -0.05) is 13.3 Å². The fraction of sp³-hybridized carbons (Fsp3) is 0.400. The molecule has 0 saturated carbocycles. The number of esters is 1. The summed E-state index contributed by atoms with van der Waals surface area (Å²) in [6.45, 7) is 4.32. The molecule has 1 unspecified atom stereocenters. The number of carbonyl (C=O) groups is 1. The van der Waals surface area contributed by atoms with Crippen molar-refractivity contribution >= 4 is 33.1 Å².